The number of rotatable bonds is 4. The molecule has 0 saturated carbocycles. The lowest BCUT2D eigenvalue weighted by molar-refractivity contribution is 0.212. The van der Waals surface area contributed by atoms with Crippen LogP contribution in [0.25, 0.3) is 0 Å². The van der Waals surface area contributed by atoms with Crippen LogP contribution in [0.3, 0.4) is 0 Å². The molecule has 1 heterocycles. The summed E-state index contributed by atoms with van der Waals surface area (Å²) in [5.74, 6) is -3.32. The number of halogens is 2. The van der Waals surface area contributed by atoms with Gasteiger partial charge in [0.2, 0.25) is 0 Å². The van der Waals surface area contributed by atoms with Crippen molar-refractivity contribution in [2.45, 2.75) is 25.1 Å². The van der Waals surface area contributed by atoms with E-state index in [1.54, 1.807) is 6.92 Å². The summed E-state index contributed by atoms with van der Waals surface area (Å²) in [6.07, 6.45) is 0.597. The molecule has 0 bridgehead atoms. The highest BCUT2D eigenvalue weighted by atomic mass is 32.2. The van der Waals surface area contributed by atoms with E-state index in [0.29, 0.717) is 19.5 Å². The maximum absolute atomic E-state index is 12.3. The van der Waals surface area contributed by atoms with Gasteiger partial charge in [0.25, 0.3) is 10.0 Å². The minimum absolute atomic E-state index is 0.0962. The number of likely N-dealkylation sites (N-methyl/N-ethyl adjacent to an activating group) is 1. The maximum Gasteiger partial charge on any atom is 0.350 e. The van der Waals surface area contributed by atoms with E-state index in [1.165, 1.54) is 0 Å². The Morgan fingerprint density at radius 2 is 2.21 bits per heavy atom. The first-order chi connectivity index (χ1) is 6.50. The molecular formula is C7H14F2N2O2S. The fourth-order valence-electron chi connectivity index (χ4n) is 1.63. The highest BCUT2D eigenvalue weighted by Crippen LogP contribution is 2.18. The summed E-state index contributed by atoms with van der Waals surface area (Å²) < 4.78 is 47.8. The Bertz CT molecular complexity index is 275. The molecular weight excluding hydrogens is 214 g/mol. The van der Waals surface area contributed by atoms with E-state index in [9.17, 15) is 17.2 Å². The summed E-state index contributed by atoms with van der Waals surface area (Å²) in [6.45, 7) is 2.80. The molecule has 1 aliphatic heterocycles. The first-order valence-electron chi connectivity index (χ1n) is 4.49. The molecule has 1 fully saturated rings. The molecule has 4 nitrogen and oxygen atoms in total. The van der Waals surface area contributed by atoms with E-state index in [2.05, 4.69) is 5.32 Å². The monoisotopic (exact) mass is 228 g/mol. The molecule has 0 spiro atoms. The quantitative estimate of drug-likeness (QED) is 0.749. The van der Waals surface area contributed by atoms with Gasteiger partial charge in [0.05, 0.1) is 0 Å². The van der Waals surface area contributed by atoms with E-state index in [4.69, 9.17) is 0 Å². The number of hydrogen-bond donors (Lipinski definition) is 1. The minimum atomic E-state index is -4.41. The van der Waals surface area contributed by atoms with Crippen molar-refractivity contribution >= 4 is 10.0 Å². The number of nitrogens with one attached hydrogen (secondary N) is 1. The third-order valence-corrected chi connectivity index (χ3v) is 3.97. The van der Waals surface area contributed by atoms with Crippen LogP contribution in [0, 0.1) is 0 Å². The van der Waals surface area contributed by atoms with Gasteiger partial charge in [-0.1, -0.05) is 6.92 Å². The molecule has 0 aromatic carbocycles. The van der Waals surface area contributed by atoms with Crippen molar-refractivity contribution < 1.29 is 17.2 Å². The second-order valence-electron chi connectivity index (χ2n) is 3.16. The van der Waals surface area contributed by atoms with Crippen LogP contribution in [0.1, 0.15) is 13.3 Å². The molecule has 1 saturated heterocycles. The van der Waals surface area contributed by atoms with Crippen LogP contribution in [0.5, 0.6) is 0 Å². The lowest BCUT2D eigenvalue weighted by Gasteiger charge is -2.25. The molecule has 0 aliphatic carbocycles. The van der Waals surface area contributed by atoms with Crippen molar-refractivity contribution in [3.05, 3.63) is 0 Å². The van der Waals surface area contributed by atoms with Crippen molar-refractivity contribution in [1.82, 2.24) is 9.62 Å². The van der Waals surface area contributed by atoms with Gasteiger partial charge in [0.1, 0.15) is 0 Å². The lowest BCUT2D eigenvalue weighted by Crippen LogP contribution is -2.43. The summed E-state index contributed by atoms with van der Waals surface area (Å²) in [7, 11) is -4.41. The summed E-state index contributed by atoms with van der Waals surface area (Å²) in [6, 6.07) is -0.320. The molecule has 1 atom stereocenters. The van der Waals surface area contributed by atoms with Crippen molar-refractivity contribution in [3.63, 3.8) is 0 Å². The van der Waals surface area contributed by atoms with Gasteiger partial charge < -0.3 is 5.32 Å². The third-order valence-electron chi connectivity index (χ3n) is 2.31. The zero-order chi connectivity index (χ0) is 10.8. The normalized spacial score (nSPS) is 23.6. The van der Waals surface area contributed by atoms with Gasteiger partial charge in [0, 0.05) is 19.1 Å². The van der Waals surface area contributed by atoms with Gasteiger partial charge in [-0.15, -0.1) is 0 Å². The molecule has 1 unspecified atom stereocenters. The predicted octanol–water partition coefficient (Wildman–Crippen LogP) is 0.223. The number of alkyl halides is 2. The number of sulfonamides is 1. The average Bonchev–Trinajstić information content (AvgIpc) is 2.57. The SMILES string of the molecule is CCN(C1CCNC1)S(=O)(=O)C(F)F. The van der Waals surface area contributed by atoms with Gasteiger partial charge in [0.15, 0.2) is 0 Å². The Kier molecular flexibility index (Phi) is 3.79. The van der Waals surface area contributed by atoms with Crippen LogP contribution in [0.2, 0.25) is 0 Å². The Balaban J connectivity index is 2.80. The molecule has 0 aromatic rings. The Morgan fingerprint density at radius 3 is 2.57 bits per heavy atom. The maximum atomic E-state index is 12.3. The third kappa shape index (κ3) is 2.21. The van der Waals surface area contributed by atoms with Crippen LogP contribution in [0.15, 0.2) is 0 Å². The first-order valence-corrected chi connectivity index (χ1v) is 6.00. The number of hydrogen-bond acceptors (Lipinski definition) is 3. The van der Waals surface area contributed by atoms with Crippen LogP contribution >= 0.6 is 0 Å². The summed E-state index contributed by atoms with van der Waals surface area (Å²) >= 11 is 0. The van der Waals surface area contributed by atoms with Gasteiger partial charge >= 0.3 is 5.76 Å². The fraction of sp³-hybridized carbons (Fsp3) is 1.00. The Hall–Kier alpha value is -0.270. The van der Waals surface area contributed by atoms with Crippen molar-refractivity contribution in [2.24, 2.45) is 0 Å². The van der Waals surface area contributed by atoms with Crippen LogP contribution in [-0.2, 0) is 10.0 Å². The summed E-state index contributed by atoms with van der Waals surface area (Å²) in [4.78, 5) is 0. The molecule has 0 radical (unpaired) electrons. The summed E-state index contributed by atoms with van der Waals surface area (Å²) in [5, 5.41) is 2.95. The second kappa shape index (κ2) is 4.50. The molecule has 14 heavy (non-hydrogen) atoms. The topological polar surface area (TPSA) is 49.4 Å². The van der Waals surface area contributed by atoms with Crippen LogP contribution in [0.4, 0.5) is 8.78 Å². The Labute approximate surface area is 82.3 Å². The molecule has 84 valence electrons. The molecule has 1 rings (SSSR count). The molecule has 0 amide bonds. The summed E-state index contributed by atoms with van der Waals surface area (Å²) in [5.41, 5.74) is 0. The van der Waals surface area contributed by atoms with Gasteiger partial charge in [-0.05, 0) is 13.0 Å². The fourth-order valence-corrected chi connectivity index (χ4v) is 2.79. The van der Waals surface area contributed by atoms with E-state index >= 15 is 0 Å². The first kappa shape index (κ1) is 11.8. The van der Waals surface area contributed by atoms with Crippen molar-refractivity contribution in [1.29, 1.82) is 0 Å². The largest absolute Gasteiger partial charge is 0.350 e. The van der Waals surface area contributed by atoms with Crippen LogP contribution in [-0.4, -0.2) is 44.2 Å². The van der Waals surface area contributed by atoms with Crippen molar-refractivity contribution in [2.75, 3.05) is 19.6 Å². The van der Waals surface area contributed by atoms with E-state index in [-0.39, 0.29) is 12.6 Å². The van der Waals surface area contributed by atoms with Gasteiger partial charge in [-0.3, -0.25) is 0 Å². The smallest absolute Gasteiger partial charge is 0.315 e. The van der Waals surface area contributed by atoms with E-state index in [0.717, 1.165) is 4.31 Å². The van der Waals surface area contributed by atoms with Gasteiger partial charge in [-0.2, -0.15) is 13.1 Å². The molecule has 1 N–H and O–H groups in total. The average molecular weight is 228 g/mol. The molecule has 1 aliphatic rings. The standard InChI is InChI=1S/C7H14F2N2O2S/c1-2-11(6-3-4-10-5-6)14(12,13)7(8)9/h6-7,10H,2-5H2,1H3. The highest BCUT2D eigenvalue weighted by molar-refractivity contribution is 7.89. The highest BCUT2D eigenvalue weighted by Gasteiger charge is 2.36. The second-order valence-corrected chi connectivity index (χ2v) is 5.01. The molecule has 7 heteroatoms. The van der Waals surface area contributed by atoms with Crippen molar-refractivity contribution in [3.8, 4) is 0 Å². The van der Waals surface area contributed by atoms with Crippen LogP contribution < -0.4 is 5.32 Å². The zero-order valence-corrected chi connectivity index (χ0v) is 8.73. The zero-order valence-electron chi connectivity index (χ0n) is 7.91. The van der Waals surface area contributed by atoms with Gasteiger partial charge in [-0.25, -0.2) is 8.42 Å². The van der Waals surface area contributed by atoms with E-state index < -0.39 is 15.8 Å². The predicted molar refractivity (Wildman–Crippen MR) is 48.6 cm³/mol. The Morgan fingerprint density at radius 1 is 1.57 bits per heavy atom. The van der Waals surface area contributed by atoms with E-state index in [1.807, 2.05) is 0 Å². The minimum Gasteiger partial charge on any atom is -0.315 e. The molecule has 0 aromatic heterocycles. The number of nitrogens with zero attached hydrogens (tertiary/aromatic N) is 1. The lowest BCUT2D eigenvalue weighted by atomic mass is 10.3.